The fraction of sp³-hybridized carbons (Fsp3) is 0.412. The minimum absolute atomic E-state index is 0.0942. The van der Waals surface area contributed by atoms with E-state index >= 15 is 0 Å². The van der Waals surface area contributed by atoms with Crippen molar-refractivity contribution < 1.29 is 24.2 Å². The molecule has 1 heterocycles. The lowest BCUT2D eigenvalue weighted by molar-refractivity contribution is -0.142. The second-order valence-electron chi connectivity index (χ2n) is 6.09. The van der Waals surface area contributed by atoms with Crippen LogP contribution < -0.4 is 11.1 Å². The number of piperidine rings is 1. The highest BCUT2D eigenvalue weighted by atomic mass is 16.5. The average Bonchev–Trinajstić information content (AvgIpc) is 2.62. The lowest BCUT2D eigenvalue weighted by Gasteiger charge is -2.31. The van der Waals surface area contributed by atoms with Crippen LogP contribution in [-0.4, -0.2) is 60.1 Å². The van der Waals surface area contributed by atoms with Gasteiger partial charge < -0.3 is 20.5 Å². The maximum absolute atomic E-state index is 12.2. The normalized spacial score (nSPS) is 14.7. The Morgan fingerprint density at radius 1 is 1.19 bits per heavy atom. The first-order chi connectivity index (χ1) is 12.4. The Balaban J connectivity index is 1.78. The predicted molar refractivity (Wildman–Crippen MR) is 93.1 cm³/mol. The number of carboxylic acid groups (broad SMARTS) is 1. The zero-order valence-corrected chi connectivity index (χ0v) is 14.2. The molecule has 0 aliphatic carbocycles. The molecule has 5 N–H and O–H groups in total. The summed E-state index contributed by atoms with van der Waals surface area (Å²) in [6.45, 7) is 0.980. The number of hydrogen-bond acceptors (Lipinski definition) is 5. The number of likely N-dealkylation sites (tertiary alicyclic amines) is 1. The quantitative estimate of drug-likeness (QED) is 0.431. The Morgan fingerprint density at radius 2 is 1.77 bits per heavy atom. The van der Waals surface area contributed by atoms with Gasteiger partial charge in [-0.1, -0.05) is 12.1 Å². The minimum atomic E-state index is -1.00. The largest absolute Gasteiger partial charge is 0.480 e. The molecule has 1 fully saturated rings. The van der Waals surface area contributed by atoms with Crippen molar-refractivity contribution in [2.45, 2.75) is 12.8 Å². The van der Waals surface area contributed by atoms with Gasteiger partial charge in [-0.2, -0.15) is 0 Å². The summed E-state index contributed by atoms with van der Waals surface area (Å²) in [6, 6.07) is 5.64. The van der Waals surface area contributed by atoms with Crippen LogP contribution in [-0.2, 0) is 9.53 Å². The standard InChI is InChI=1S/C17H22N4O5/c18-15(19)12-1-3-13(4-2-12)16(24)20-17(25)21-7-5-11(6-8-21)9-26-10-14(22)23/h1-4,11H,5-10H2,(H3,18,19)(H,22,23)(H,20,24,25). The number of carbonyl (C=O) groups excluding carboxylic acids is 2. The monoisotopic (exact) mass is 362 g/mol. The van der Waals surface area contributed by atoms with Gasteiger partial charge in [0.25, 0.3) is 5.91 Å². The molecule has 2 rings (SSSR count). The molecule has 0 bridgehead atoms. The highest BCUT2D eigenvalue weighted by molar-refractivity contribution is 6.05. The van der Waals surface area contributed by atoms with Crippen LogP contribution >= 0.6 is 0 Å². The molecule has 3 amide bonds. The smallest absolute Gasteiger partial charge is 0.329 e. The van der Waals surface area contributed by atoms with Crippen molar-refractivity contribution in [2.75, 3.05) is 26.3 Å². The molecule has 9 heteroatoms. The van der Waals surface area contributed by atoms with E-state index in [9.17, 15) is 14.4 Å². The first kappa shape index (κ1) is 19.4. The number of nitrogens with one attached hydrogen (secondary N) is 2. The maximum atomic E-state index is 12.2. The van der Waals surface area contributed by atoms with Crippen LogP contribution in [0, 0.1) is 11.3 Å². The summed E-state index contributed by atoms with van der Waals surface area (Å²) >= 11 is 0. The van der Waals surface area contributed by atoms with Crippen molar-refractivity contribution >= 4 is 23.7 Å². The maximum Gasteiger partial charge on any atom is 0.329 e. The number of ether oxygens (including phenoxy) is 1. The highest BCUT2D eigenvalue weighted by Crippen LogP contribution is 2.17. The molecule has 0 spiro atoms. The molecule has 26 heavy (non-hydrogen) atoms. The average molecular weight is 362 g/mol. The summed E-state index contributed by atoms with van der Waals surface area (Å²) in [5.41, 5.74) is 6.16. The Hall–Kier alpha value is -2.94. The number of hydrogen-bond donors (Lipinski definition) is 4. The van der Waals surface area contributed by atoms with E-state index in [0.717, 1.165) is 0 Å². The van der Waals surface area contributed by atoms with Gasteiger partial charge in [0.2, 0.25) is 0 Å². The third kappa shape index (κ3) is 5.55. The van der Waals surface area contributed by atoms with Crippen molar-refractivity contribution in [3.63, 3.8) is 0 Å². The first-order valence-electron chi connectivity index (χ1n) is 8.21. The molecule has 0 aromatic heterocycles. The van der Waals surface area contributed by atoms with E-state index in [-0.39, 0.29) is 18.4 Å². The van der Waals surface area contributed by atoms with Crippen LogP contribution in [0.5, 0.6) is 0 Å². The third-order valence-electron chi connectivity index (χ3n) is 4.16. The fourth-order valence-electron chi connectivity index (χ4n) is 2.67. The van der Waals surface area contributed by atoms with Gasteiger partial charge in [0.1, 0.15) is 12.4 Å². The van der Waals surface area contributed by atoms with E-state index < -0.39 is 17.9 Å². The number of urea groups is 1. The summed E-state index contributed by atoms with van der Waals surface area (Å²) in [6.07, 6.45) is 1.38. The summed E-state index contributed by atoms with van der Waals surface area (Å²) in [5, 5.41) is 18.2. The number of carbonyl (C=O) groups is 3. The number of amidine groups is 1. The lowest BCUT2D eigenvalue weighted by Crippen LogP contribution is -2.46. The van der Waals surface area contributed by atoms with Crippen LogP contribution in [0.4, 0.5) is 4.79 Å². The van der Waals surface area contributed by atoms with E-state index in [1.807, 2.05) is 0 Å². The number of nitrogens with two attached hydrogens (primary N) is 1. The van der Waals surface area contributed by atoms with Gasteiger partial charge in [-0.15, -0.1) is 0 Å². The number of rotatable bonds is 6. The number of aliphatic carboxylic acids is 1. The van der Waals surface area contributed by atoms with Gasteiger partial charge in [-0.3, -0.25) is 15.5 Å². The summed E-state index contributed by atoms with van der Waals surface area (Å²) in [7, 11) is 0. The molecular weight excluding hydrogens is 340 g/mol. The molecule has 0 saturated carbocycles. The summed E-state index contributed by atoms with van der Waals surface area (Å²) in [5.74, 6) is -1.41. The Kier molecular flexibility index (Phi) is 6.67. The Bertz CT molecular complexity index is 681. The molecule has 1 aromatic carbocycles. The second kappa shape index (κ2) is 8.95. The van der Waals surface area contributed by atoms with Crippen molar-refractivity contribution in [3.8, 4) is 0 Å². The van der Waals surface area contributed by atoms with E-state index in [2.05, 4.69) is 5.32 Å². The van der Waals surface area contributed by atoms with Crippen molar-refractivity contribution in [2.24, 2.45) is 11.7 Å². The van der Waals surface area contributed by atoms with Crippen LogP contribution in [0.2, 0.25) is 0 Å². The number of nitrogens with zero attached hydrogens (tertiary/aromatic N) is 1. The van der Waals surface area contributed by atoms with Gasteiger partial charge in [0.05, 0.1) is 6.61 Å². The second-order valence-corrected chi connectivity index (χ2v) is 6.09. The zero-order valence-electron chi connectivity index (χ0n) is 14.2. The minimum Gasteiger partial charge on any atom is -0.480 e. The number of benzene rings is 1. The topological polar surface area (TPSA) is 146 Å². The molecule has 9 nitrogen and oxygen atoms in total. The Labute approximate surface area is 150 Å². The van der Waals surface area contributed by atoms with E-state index in [4.69, 9.17) is 21.0 Å². The molecule has 0 radical (unpaired) electrons. The fourth-order valence-corrected chi connectivity index (χ4v) is 2.67. The predicted octanol–water partition coefficient (Wildman–Crippen LogP) is 0.634. The SMILES string of the molecule is N=C(N)c1ccc(C(=O)NC(=O)N2CCC(COCC(=O)O)CC2)cc1. The van der Waals surface area contributed by atoms with Gasteiger partial charge in [0, 0.05) is 24.2 Å². The van der Waals surface area contributed by atoms with Crippen molar-refractivity contribution in [1.29, 1.82) is 5.41 Å². The molecule has 140 valence electrons. The Morgan fingerprint density at radius 3 is 2.31 bits per heavy atom. The van der Waals surface area contributed by atoms with E-state index in [1.165, 1.54) is 12.1 Å². The van der Waals surface area contributed by atoms with Gasteiger partial charge in [-0.25, -0.2) is 9.59 Å². The van der Waals surface area contributed by atoms with Gasteiger partial charge in [0.15, 0.2) is 0 Å². The van der Waals surface area contributed by atoms with Crippen LogP contribution in [0.25, 0.3) is 0 Å². The molecule has 1 aromatic rings. The van der Waals surface area contributed by atoms with Crippen molar-refractivity contribution in [3.05, 3.63) is 35.4 Å². The summed E-state index contributed by atoms with van der Waals surface area (Å²) in [4.78, 5) is 36.3. The molecule has 1 aliphatic rings. The van der Waals surface area contributed by atoms with Crippen LogP contribution in [0.3, 0.4) is 0 Å². The lowest BCUT2D eigenvalue weighted by atomic mass is 9.98. The number of carboxylic acids is 1. The molecule has 0 unspecified atom stereocenters. The molecule has 1 saturated heterocycles. The van der Waals surface area contributed by atoms with E-state index in [1.54, 1.807) is 17.0 Å². The molecular formula is C17H22N4O5. The third-order valence-corrected chi connectivity index (χ3v) is 4.16. The molecule has 1 aliphatic heterocycles. The van der Waals surface area contributed by atoms with Crippen LogP contribution in [0.1, 0.15) is 28.8 Å². The summed E-state index contributed by atoms with van der Waals surface area (Å²) < 4.78 is 5.08. The van der Waals surface area contributed by atoms with E-state index in [0.29, 0.717) is 43.7 Å². The molecule has 0 atom stereocenters. The number of amides is 3. The number of imide groups is 1. The zero-order chi connectivity index (χ0) is 19.1. The van der Waals surface area contributed by atoms with Gasteiger partial charge >= 0.3 is 12.0 Å². The van der Waals surface area contributed by atoms with Crippen LogP contribution in [0.15, 0.2) is 24.3 Å². The first-order valence-corrected chi connectivity index (χ1v) is 8.21. The number of nitrogen functional groups attached to an aromatic ring is 1. The highest BCUT2D eigenvalue weighted by Gasteiger charge is 2.24. The van der Waals surface area contributed by atoms with Gasteiger partial charge in [-0.05, 0) is 30.9 Å². The van der Waals surface area contributed by atoms with Crippen molar-refractivity contribution in [1.82, 2.24) is 10.2 Å².